The molecule has 0 heterocycles. The highest BCUT2D eigenvalue weighted by Gasteiger charge is 2.05. The fraction of sp³-hybridized carbons (Fsp3) is 0.125. The van der Waals surface area contributed by atoms with E-state index in [0.717, 1.165) is 22.4 Å². The zero-order valence-corrected chi connectivity index (χ0v) is 16.7. The van der Waals surface area contributed by atoms with E-state index in [0.29, 0.717) is 5.75 Å². The summed E-state index contributed by atoms with van der Waals surface area (Å²) < 4.78 is 5.52. The summed E-state index contributed by atoms with van der Waals surface area (Å²) >= 11 is 0. The Balaban J connectivity index is 1.43. The van der Waals surface area contributed by atoms with Crippen LogP contribution < -0.4 is 15.5 Å². The van der Waals surface area contributed by atoms with Crippen LogP contribution in [0.2, 0.25) is 0 Å². The predicted octanol–water partition coefficient (Wildman–Crippen LogP) is 3.71. The van der Waals surface area contributed by atoms with E-state index in [-0.39, 0.29) is 24.8 Å². The lowest BCUT2D eigenvalue weighted by molar-refractivity contribution is -0.120. The van der Waals surface area contributed by atoms with Crippen molar-refractivity contribution in [3.8, 4) is 5.75 Å². The largest absolute Gasteiger partial charge is 0.484 e. The molecule has 6 nitrogen and oxygen atoms in total. The normalized spacial score (nSPS) is 10.6. The van der Waals surface area contributed by atoms with Gasteiger partial charge in [-0.15, -0.1) is 0 Å². The topological polar surface area (TPSA) is 79.8 Å². The van der Waals surface area contributed by atoms with E-state index in [1.54, 1.807) is 30.5 Å². The number of benzene rings is 3. The van der Waals surface area contributed by atoms with Crippen LogP contribution in [0.1, 0.15) is 16.7 Å². The maximum absolute atomic E-state index is 12.0. The van der Waals surface area contributed by atoms with Gasteiger partial charge in [-0.25, -0.2) is 5.43 Å². The molecule has 3 aromatic rings. The molecular weight excluding hydrogens is 378 g/mol. The molecule has 0 aliphatic rings. The van der Waals surface area contributed by atoms with E-state index in [4.69, 9.17) is 4.74 Å². The van der Waals surface area contributed by atoms with Gasteiger partial charge in [-0.3, -0.25) is 9.59 Å². The van der Waals surface area contributed by atoms with Crippen LogP contribution in [0.3, 0.4) is 0 Å². The third-order valence-corrected chi connectivity index (χ3v) is 4.28. The Morgan fingerprint density at radius 1 is 0.900 bits per heavy atom. The molecule has 2 N–H and O–H groups in total. The number of anilines is 1. The Hall–Kier alpha value is -3.93. The van der Waals surface area contributed by atoms with Gasteiger partial charge in [0, 0.05) is 5.69 Å². The van der Waals surface area contributed by atoms with Gasteiger partial charge in [-0.05, 0) is 53.9 Å². The van der Waals surface area contributed by atoms with E-state index in [9.17, 15) is 9.59 Å². The molecule has 0 unspecified atom stereocenters. The lowest BCUT2D eigenvalue weighted by atomic mass is 10.1. The van der Waals surface area contributed by atoms with E-state index in [1.165, 1.54) is 0 Å². The summed E-state index contributed by atoms with van der Waals surface area (Å²) in [5.41, 5.74) is 6.00. The van der Waals surface area contributed by atoms with Gasteiger partial charge in [-0.1, -0.05) is 48.5 Å². The highest BCUT2D eigenvalue weighted by Crippen LogP contribution is 2.14. The Kier molecular flexibility index (Phi) is 7.33. The summed E-state index contributed by atoms with van der Waals surface area (Å²) in [6.07, 6.45) is 1.83. The van der Waals surface area contributed by atoms with Gasteiger partial charge in [0.25, 0.3) is 5.91 Å². The molecule has 0 atom stereocenters. The van der Waals surface area contributed by atoms with Crippen LogP contribution >= 0.6 is 0 Å². The van der Waals surface area contributed by atoms with Gasteiger partial charge in [0.05, 0.1) is 12.6 Å². The first kappa shape index (κ1) is 20.8. The average Bonchev–Trinajstić information content (AvgIpc) is 2.75. The minimum Gasteiger partial charge on any atom is -0.484 e. The molecule has 30 heavy (non-hydrogen) atoms. The first-order valence-electron chi connectivity index (χ1n) is 9.54. The lowest BCUT2D eigenvalue weighted by Gasteiger charge is -2.09. The van der Waals surface area contributed by atoms with Crippen LogP contribution in [0.25, 0.3) is 0 Å². The minimum atomic E-state index is -0.226. The summed E-state index contributed by atoms with van der Waals surface area (Å²) in [7, 11) is 0. The quantitative estimate of drug-likeness (QED) is 0.446. The van der Waals surface area contributed by atoms with Crippen LogP contribution in [0.4, 0.5) is 5.69 Å². The van der Waals surface area contributed by atoms with E-state index in [1.807, 2.05) is 61.5 Å². The summed E-state index contributed by atoms with van der Waals surface area (Å²) in [6.45, 7) is 1.85. The molecule has 0 saturated heterocycles. The number of hydrazone groups is 1. The number of amides is 2. The van der Waals surface area contributed by atoms with Crippen LogP contribution in [0, 0.1) is 6.92 Å². The molecule has 0 aliphatic carbocycles. The van der Waals surface area contributed by atoms with E-state index < -0.39 is 0 Å². The van der Waals surface area contributed by atoms with Gasteiger partial charge in [0.15, 0.2) is 6.61 Å². The molecule has 0 aliphatic heterocycles. The van der Waals surface area contributed by atoms with Gasteiger partial charge >= 0.3 is 0 Å². The number of ether oxygens (including phenoxy) is 1. The molecule has 152 valence electrons. The van der Waals surface area contributed by atoms with Crippen LogP contribution in [0.15, 0.2) is 84.0 Å². The molecule has 0 radical (unpaired) electrons. The van der Waals surface area contributed by atoms with E-state index >= 15 is 0 Å². The smallest absolute Gasteiger partial charge is 0.262 e. The van der Waals surface area contributed by atoms with Crippen molar-refractivity contribution in [3.63, 3.8) is 0 Å². The van der Waals surface area contributed by atoms with Crippen molar-refractivity contribution in [2.24, 2.45) is 5.10 Å². The fourth-order valence-corrected chi connectivity index (χ4v) is 2.70. The Bertz CT molecular complexity index is 1020. The number of hydrogen-bond acceptors (Lipinski definition) is 4. The number of carbonyl (C=O) groups is 2. The monoisotopic (exact) mass is 401 g/mol. The Morgan fingerprint density at radius 3 is 2.33 bits per heavy atom. The summed E-state index contributed by atoms with van der Waals surface area (Å²) in [5, 5.41) is 6.79. The third kappa shape index (κ3) is 6.60. The Morgan fingerprint density at radius 2 is 1.60 bits per heavy atom. The van der Waals surface area contributed by atoms with Crippen molar-refractivity contribution in [1.82, 2.24) is 5.43 Å². The minimum absolute atomic E-state index is 0.0860. The molecule has 0 bridgehead atoms. The third-order valence-electron chi connectivity index (χ3n) is 4.28. The number of nitrogens with zero attached hydrogens (tertiary/aromatic N) is 1. The van der Waals surface area contributed by atoms with Crippen LogP contribution in [-0.2, 0) is 16.0 Å². The number of nitrogens with one attached hydrogen (secondary N) is 2. The zero-order valence-electron chi connectivity index (χ0n) is 16.7. The van der Waals surface area contributed by atoms with Gasteiger partial charge in [-0.2, -0.15) is 5.10 Å². The van der Waals surface area contributed by atoms with Crippen molar-refractivity contribution >= 4 is 23.7 Å². The molecule has 0 saturated carbocycles. The van der Waals surface area contributed by atoms with Crippen molar-refractivity contribution in [2.75, 3.05) is 11.9 Å². The SMILES string of the molecule is Cc1ccccc1NC(=O)COc1ccc(/C=N/NC(=O)Cc2ccccc2)cc1. The maximum Gasteiger partial charge on any atom is 0.262 e. The fourth-order valence-electron chi connectivity index (χ4n) is 2.70. The summed E-state index contributed by atoms with van der Waals surface area (Å²) in [5.74, 6) is 0.160. The van der Waals surface area contributed by atoms with Crippen molar-refractivity contribution in [2.45, 2.75) is 13.3 Å². The van der Waals surface area contributed by atoms with Gasteiger partial charge in [0.2, 0.25) is 5.91 Å². The average molecular weight is 401 g/mol. The number of hydrogen-bond donors (Lipinski definition) is 2. The summed E-state index contributed by atoms with van der Waals surface area (Å²) in [6, 6.07) is 24.1. The zero-order chi connectivity index (χ0) is 21.2. The maximum atomic E-state index is 12.0. The second-order valence-corrected chi connectivity index (χ2v) is 6.68. The molecule has 2 amide bonds. The molecule has 0 aromatic heterocycles. The molecule has 0 fully saturated rings. The predicted molar refractivity (Wildman–Crippen MR) is 118 cm³/mol. The number of para-hydroxylation sites is 1. The van der Waals surface area contributed by atoms with Crippen LogP contribution in [0.5, 0.6) is 5.75 Å². The lowest BCUT2D eigenvalue weighted by Crippen LogP contribution is -2.20. The van der Waals surface area contributed by atoms with Crippen molar-refractivity contribution in [3.05, 3.63) is 95.6 Å². The van der Waals surface area contributed by atoms with Crippen molar-refractivity contribution in [1.29, 1.82) is 0 Å². The van der Waals surface area contributed by atoms with Crippen molar-refractivity contribution < 1.29 is 14.3 Å². The molecule has 0 spiro atoms. The van der Waals surface area contributed by atoms with Gasteiger partial charge < -0.3 is 10.1 Å². The van der Waals surface area contributed by atoms with E-state index in [2.05, 4.69) is 15.8 Å². The number of rotatable bonds is 8. The molecule has 3 aromatic carbocycles. The highest BCUT2D eigenvalue weighted by atomic mass is 16.5. The molecule has 3 rings (SSSR count). The molecular formula is C24H23N3O3. The second-order valence-electron chi connectivity index (χ2n) is 6.68. The molecule has 6 heteroatoms. The second kappa shape index (κ2) is 10.6. The highest BCUT2D eigenvalue weighted by molar-refractivity contribution is 5.92. The van der Waals surface area contributed by atoms with Crippen LogP contribution in [-0.4, -0.2) is 24.6 Å². The van der Waals surface area contributed by atoms with Gasteiger partial charge in [0.1, 0.15) is 5.75 Å². The Labute approximate surface area is 175 Å². The first-order chi connectivity index (χ1) is 14.6. The number of carbonyl (C=O) groups excluding carboxylic acids is 2. The standard InChI is InChI=1S/C24H23N3O3/c1-18-7-5-6-10-22(18)26-24(29)17-30-21-13-11-20(12-14-21)16-25-27-23(28)15-19-8-3-2-4-9-19/h2-14,16H,15,17H2,1H3,(H,26,29)(H,27,28)/b25-16+. The first-order valence-corrected chi connectivity index (χ1v) is 9.54. The number of aryl methyl sites for hydroxylation is 1. The summed E-state index contributed by atoms with van der Waals surface area (Å²) in [4.78, 5) is 23.9.